The van der Waals surface area contributed by atoms with Crippen LogP contribution in [0.1, 0.15) is 6.42 Å². The Hall–Kier alpha value is -1.66. The topological polar surface area (TPSA) is 44.8 Å². The van der Waals surface area contributed by atoms with Crippen molar-refractivity contribution in [3.63, 3.8) is 0 Å². The van der Waals surface area contributed by atoms with Crippen LogP contribution in [-0.4, -0.2) is 68.6 Å². The molecule has 6 heteroatoms. The number of likely N-dealkylation sites (N-methyl/N-ethyl adjacent to an activating group) is 1. The molecule has 1 N–H and O–H groups in total. The molecule has 5 nitrogen and oxygen atoms in total. The number of nitrogens with zero attached hydrogens (tertiary/aromatic N) is 2. The number of hydrogen-bond acceptors (Lipinski definition) is 4. The zero-order valence-electron chi connectivity index (χ0n) is 13.1. The van der Waals surface area contributed by atoms with Crippen LogP contribution in [0.25, 0.3) is 0 Å². The number of para-hydroxylation sites is 1. The molecular formula is C16H24FN3O2. The molecule has 1 heterocycles. The number of ether oxygens (including phenoxy) is 1. The molecule has 1 fully saturated rings. The Morgan fingerprint density at radius 2 is 2.05 bits per heavy atom. The van der Waals surface area contributed by atoms with Gasteiger partial charge in [0.15, 0.2) is 11.6 Å². The van der Waals surface area contributed by atoms with Crippen LogP contribution < -0.4 is 10.1 Å². The highest BCUT2D eigenvalue weighted by atomic mass is 19.1. The van der Waals surface area contributed by atoms with E-state index in [1.165, 1.54) is 6.07 Å². The first kappa shape index (κ1) is 16.7. The first-order valence-corrected chi connectivity index (χ1v) is 7.71. The van der Waals surface area contributed by atoms with E-state index in [4.69, 9.17) is 4.74 Å². The summed E-state index contributed by atoms with van der Waals surface area (Å²) in [5.41, 5.74) is 0. The fraction of sp³-hybridized carbons (Fsp3) is 0.562. The fourth-order valence-corrected chi connectivity index (χ4v) is 2.34. The summed E-state index contributed by atoms with van der Waals surface area (Å²) in [5, 5.41) is 3.23. The van der Waals surface area contributed by atoms with Crippen molar-refractivity contribution in [3.05, 3.63) is 30.1 Å². The third-order valence-electron chi connectivity index (χ3n) is 3.74. The summed E-state index contributed by atoms with van der Waals surface area (Å²) < 4.78 is 18.8. The van der Waals surface area contributed by atoms with E-state index in [-0.39, 0.29) is 17.5 Å². The second-order valence-corrected chi connectivity index (χ2v) is 5.46. The molecule has 0 spiro atoms. The van der Waals surface area contributed by atoms with Crippen LogP contribution in [0.4, 0.5) is 4.39 Å². The molecule has 0 bridgehead atoms. The summed E-state index contributed by atoms with van der Waals surface area (Å²) in [5.74, 6) is 0.121. The summed E-state index contributed by atoms with van der Waals surface area (Å²) in [4.78, 5) is 16.0. The molecule has 0 radical (unpaired) electrons. The van der Waals surface area contributed by atoms with Gasteiger partial charge in [-0.1, -0.05) is 12.1 Å². The first-order valence-electron chi connectivity index (χ1n) is 7.71. The van der Waals surface area contributed by atoms with Crippen LogP contribution in [0, 0.1) is 5.82 Å². The Bertz CT molecular complexity index is 478. The summed E-state index contributed by atoms with van der Waals surface area (Å²) in [6, 6.07) is 6.37. The standard InChI is InChI=1S/C16H24FN3O2/c1-19(9-6-16(21)20-10-7-18-8-11-20)12-13-22-15-5-3-2-4-14(15)17/h2-5,18H,6-13H2,1H3. The van der Waals surface area contributed by atoms with Crippen molar-refractivity contribution in [2.75, 3.05) is 52.9 Å². The van der Waals surface area contributed by atoms with E-state index in [0.717, 1.165) is 26.2 Å². The maximum Gasteiger partial charge on any atom is 0.223 e. The summed E-state index contributed by atoms with van der Waals surface area (Å²) in [6.45, 7) is 5.07. The second kappa shape index (κ2) is 8.70. The zero-order valence-corrected chi connectivity index (χ0v) is 13.1. The lowest BCUT2D eigenvalue weighted by Crippen LogP contribution is -2.47. The Labute approximate surface area is 131 Å². The first-order chi connectivity index (χ1) is 10.7. The SMILES string of the molecule is CN(CCOc1ccccc1F)CCC(=O)N1CCNCC1. The predicted molar refractivity (Wildman–Crippen MR) is 83.5 cm³/mol. The molecule has 0 atom stereocenters. The van der Waals surface area contributed by atoms with Crippen molar-refractivity contribution in [1.82, 2.24) is 15.1 Å². The molecule has 1 aliphatic rings. The van der Waals surface area contributed by atoms with Gasteiger partial charge in [0, 0.05) is 45.7 Å². The molecule has 1 aliphatic heterocycles. The van der Waals surface area contributed by atoms with Crippen molar-refractivity contribution < 1.29 is 13.9 Å². The summed E-state index contributed by atoms with van der Waals surface area (Å²) in [6.07, 6.45) is 0.510. The van der Waals surface area contributed by atoms with Gasteiger partial charge in [0.25, 0.3) is 0 Å². The van der Waals surface area contributed by atoms with Gasteiger partial charge >= 0.3 is 0 Å². The molecule has 0 unspecified atom stereocenters. The Morgan fingerprint density at radius 1 is 1.32 bits per heavy atom. The van der Waals surface area contributed by atoms with E-state index < -0.39 is 0 Å². The van der Waals surface area contributed by atoms with Gasteiger partial charge in [-0.05, 0) is 19.2 Å². The van der Waals surface area contributed by atoms with E-state index in [1.807, 2.05) is 16.8 Å². The molecule has 22 heavy (non-hydrogen) atoms. The van der Waals surface area contributed by atoms with E-state index in [0.29, 0.717) is 26.1 Å². The molecule has 1 aromatic rings. The van der Waals surface area contributed by atoms with Gasteiger partial charge in [0.05, 0.1) is 0 Å². The van der Waals surface area contributed by atoms with Crippen molar-refractivity contribution >= 4 is 5.91 Å². The Morgan fingerprint density at radius 3 is 2.77 bits per heavy atom. The molecule has 122 valence electrons. The molecule has 1 aromatic carbocycles. The number of carbonyl (C=O) groups is 1. The van der Waals surface area contributed by atoms with Crippen molar-refractivity contribution in [1.29, 1.82) is 0 Å². The van der Waals surface area contributed by atoms with E-state index >= 15 is 0 Å². The number of carbonyl (C=O) groups excluding carboxylic acids is 1. The minimum Gasteiger partial charge on any atom is -0.489 e. The van der Waals surface area contributed by atoms with Crippen molar-refractivity contribution in [3.8, 4) is 5.75 Å². The average molecular weight is 309 g/mol. The highest BCUT2D eigenvalue weighted by Crippen LogP contribution is 2.14. The molecule has 2 rings (SSSR count). The van der Waals surface area contributed by atoms with E-state index in [9.17, 15) is 9.18 Å². The highest BCUT2D eigenvalue weighted by molar-refractivity contribution is 5.76. The molecular weight excluding hydrogens is 285 g/mol. The number of hydrogen-bond donors (Lipinski definition) is 1. The van der Waals surface area contributed by atoms with E-state index in [1.54, 1.807) is 18.2 Å². The monoisotopic (exact) mass is 309 g/mol. The highest BCUT2D eigenvalue weighted by Gasteiger charge is 2.16. The molecule has 1 amide bonds. The zero-order chi connectivity index (χ0) is 15.8. The van der Waals surface area contributed by atoms with Crippen LogP contribution in [0.2, 0.25) is 0 Å². The van der Waals surface area contributed by atoms with Gasteiger partial charge in [0.2, 0.25) is 5.91 Å². The third-order valence-corrected chi connectivity index (χ3v) is 3.74. The van der Waals surface area contributed by atoms with Gasteiger partial charge in [0.1, 0.15) is 6.61 Å². The minimum absolute atomic E-state index is 0.198. The van der Waals surface area contributed by atoms with Crippen molar-refractivity contribution in [2.45, 2.75) is 6.42 Å². The van der Waals surface area contributed by atoms with Gasteiger partial charge in [-0.15, -0.1) is 0 Å². The van der Waals surface area contributed by atoms with E-state index in [2.05, 4.69) is 5.32 Å². The van der Waals surface area contributed by atoms with Gasteiger partial charge < -0.3 is 19.9 Å². The number of rotatable bonds is 7. The van der Waals surface area contributed by atoms with Crippen LogP contribution in [0.15, 0.2) is 24.3 Å². The third kappa shape index (κ3) is 5.27. The normalized spacial score (nSPS) is 15.1. The van der Waals surface area contributed by atoms with Crippen LogP contribution in [0.5, 0.6) is 5.75 Å². The minimum atomic E-state index is -0.348. The quantitative estimate of drug-likeness (QED) is 0.815. The smallest absolute Gasteiger partial charge is 0.223 e. The van der Waals surface area contributed by atoms with Gasteiger partial charge in [-0.3, -0.25) is 4.79 Å². The molecule has 0 saturated carbocycles. The van der Waals surface area contributed by atoms with Crippen LogP contribution in [0.3, 0.4) is 0 Å². The molecule has 1 saturated heterocycles. The van der Waals surface area contributed by atoms with Crippen molar-refractivity contribution in [2.24, 2.45) is 0 Å². The Balaban J connectivity index is 1.62. The van der Waals surface area contributed by atoms with Crippen LogP contribution in [-0.2, 0) is 4.79 Å². The maximum atomic E-state index is 13.4. The second-order valence-electron chi connectivity index (χ2n) is 5.46. The van der Waals surface area contributed by atoms with Gasteiger partial charge in [-0.25, -0.2) is 4.39 Å². The predicted octanol–water partition coefficient (Wildman–Crippen LogP) is 0.958. The lowest BCUT2D eigenvalue weighted by molar-refractivity contribution is -0.132. The van der Waals surface area contributed by atoms with Gasteiger partial charge in [-0.2, -0.15) is 0 Å². The fourth-order valence-electron chi connectivity index (χ4n) is 2.34. The number of nitrogens with one attached hydrogen (secondary N) is 1. The lowest BCUT2D eigenvalue weighted by Gasteiger charge is -2.28. The average Bonchev–Trinajstić information content (AvgIpc) is 2.55. The largest absolute Gasteiger partial charge is 0.489 e. The summed E-state index contributed by atoms with van der Waals surface area (Å²) in [7, 11) is 1.94. The Kier molecular flexibility index (Phi) is 6.61. The molecule has 0 aliphatic carbocycles. The number of benzene rings is 1. The lowest BCUT2D eigenvalue weighted by atomic mass is 10.3. The van der Waals surface area contributed by atoms with Crippen LogP contribution >= 0.6 is 0 Å². The summed E-state index contributed by atoms with van der Waals surface area (Å²) >= 11 is 0. The number of halogens is 1. The number of amides is 1. The molecule has 0 aromatic heterocycles. The maximum absolute atomic E-state index is 13.4. The number of piperazine rings is 1.